The zero-order valence-electron chi connectivity index (χ0n) is 12.1. The monoisotopic (exact) mass is 331 g/mol. The van der Waals surface area contributed by atoms with E-state index in [1.807, 2.05) is 32.9 Å². The van der Waals surface area contributed by atoms with E-state index in [9.17, 15) is 4.39 Å². The van der Waals surface area contributed by atoms with Gasteiger partial charge in [0.2, 0.25) is 0 Å². The fourth-order valence-corrected chi connectivity index (χ4v) is 2.33. The Hall–Kier alpha value is -0.450. The number of nitrogens with one attached hydrogen (secondary N) is 1. The van der Waals surface area contributed by atoms with Crippen LogP contribution in [-0.2, 0) is 4.74 Å². The molecule has 4 heteroatoms. The summed E-state index contributed by atoms with van der Waals surface area (Å²) in [6, 6.07) is 5.25. The van der Waals surface area contributed by atoms with Gasteiger partial charge >= 0.3 is 0 Å². The third-order valence-corrected chi connectivity index (χ3v) is 3.87. The second kappa shape index (κ2) is 7.36. The summed E-state index contributed by atoms with van der Waals surface area (Å²) in [6.45, 7) is 6.95. The Bertz CT molecular complexity index is 409. The van der Waals surface area contributed by atoms with Crippen LogP contribution in [0.1, 0.15) is 45.2 Å². The highest BCUT2D eigenvalue weighted by Crippen LogP contribution is 2.27. The van der Waals surface area contributed by atoms with Gasteiger partial charge in [-0.1, -0.05) is 28.9 Å². The molecule has 0 radical (unpaired) electrons. The largest absolute Gasteiger partial charge is 0.379 e. The third-order valence-electron chi connectivity index (χ3n) is 3.38. The molecule has 0 aliphatic rings. The number of rotatable bonds is 7. The average molecular weight is 332 g/mol. The van der Waals surface area contributed by atoms with Crippen molar-refractivity contribution in [2.45, 2.75) is 45.3 Å². The van der Waals surface area contributed by atoms with Crippen LogP contribution in [-0.4, -0.2) is 19.3 Å². The summed E-state index contributed by atoms with van der Waals surface area (Å²) >= 11 is 3.29. The minimum Gasteiger partial charge on any atom is -0.379 e. The normalized spacial score (nSPS) is 13.6. The lowest BCUT2D eigenvalue weighted by Crippen LogP contribution is -2.27. The van der Waals surface area contributed by atoms with Crippen LogP contribution < -0.4 is 5.32 Å². The van der Waals surface area contributed by atoms with Gasteiger partial charge in [-0.15, -0.1) is 0 Å². The summed E-state index contributed by atoms with van der Waals surface area (Å²) in [5, 5.41) is 3.35. The molecule has 0 bridgehead atoms. The molecule has 1 unspecified atom stereocenters. The van der Waals surface area contributed by atoms with E-state index < -0.39 is 0 Å². The topological polar surface area (TPSA) is 21.3 Å². The van der Waals surface area contributed by atoms with Crippen LogP contribution in [0.3, 0.4) is 0 Å². The Morgan fingerprint density at radius 2 is 2.11 bits per heavy atom. The fraction of sp³-hybridized carbons (Fsp3) is 0.600. The number of benzene rings is 1. The quantitative estimate of drug-likeness (QED) is 0.797. The van der Waals surface area contributed by atoms with Crippen LogP contribution >= 0.6 is 15.9 Å². The van der Waals surface area contributed by atoms with Gasteiger partial charge in [0.15, 0.2) is 0 Å². The zero-order chi connectivity index (χ0) is 14.5. The summed E-state index contributed by atoms with van der Waals surface area (Å²) in [5.41, 5.74) is 0.538. The highest BCUT2D eigenvalue weighted by molar-refractivity contribution is 9.10. The van der Waals surface area contributed by atoms with Gasteiger partial charge < -0.3 is 10.1 Å². The molecule has 19 heavy (non-hydrogen) atoms. The predicted octanol–water partition coefficient (Wildman–Crippen LogP) is 4.44. The van der Waals surface area contributed by atoms with Gasteiger partial charge in [0.25, 0.3) is 0 Å². The van der Waals surface area contributed by atoms with E-state index in [-0.39, 0.29) is 17.5 Å². The van der Waals surface area contributed by atoms with E-state index >= 15 is 0 Å². The highest BCUT2D eigenvalue weighted by Gasteiger charge is 2.21. The minimum absolute atomic E-state index is 0.0209. The van der Waals surface area contributed by atoms with E-state index in [2.05, 4.69) is 21.2 Å². The van der Waals surface area contributed by atoms with Crippen molar-refractivity contribution in [3.63, 3.8) is 0 Å². The fourth-order valence-electron chi connectivity index (χ4n) is 1.99. The molecule has 0 aromatic heterocycles. The summed E-state index contributed by atoms with van der Waals surface area (Å²) in [6.07, 6.45) is 1.71. The van der Waals surface area contributed by atoms with Gasteiger partial charge in [-0.3, -0.25) is 0 Å². The maximum atomic E-state index is 14.0. The van der Waals surface area contributed by atoms with Gasteiger partial charge in [0.05, 0.1) is 5.60 Å². The first kappa shape index (κ1) is 16.6. The van der Waals surface area contributed by atoms with Gasteiger partial charge in [0, 0.05) is 23.2 Å². The van der Waals surface area contributed by atoms with E-state index in [1.54, 1.807) is 7.11 Å². The molecule has 1 aromatic rings. The molecule has 0 aliphatic heterocycles. The van der Waals surface area contributed by atoms with E-state index in [0.29, 0.717) is 0 Å². The standard InChI is InChI=1S/C15H23BrFNO/c1-5-18-14(8-9-15(2,3)19-4)12-7-6-11(16)10-13(12)17/h6-7,10,14,18H,5,8-9H2,1-4H3. The van der Waals surface area contributed by atoms with Crippen molar-refractivity contribution in [2.24, 2.45) is 0 Å². The van der Waals surface area contributed by atoms with Crippen LogP contribution in [0.25, 0.3) is 0 Å². The molecule has 0 saturated heterocycles. The lowest BCUT2D eigenvalue weighted by atomic mass is 9.94. The van der Waals surface area contributed by atoms with E-state index in [4.69, 9.17) is 4.74 Å². The Morgan fingerprint density at radius 1 is 1.42 bits per heavy atom. The maximum absolute atomic E-state index is 14.0. The van der Waals surface area contributed by atoms with Crippen LogP contribution in [0.4, 0.5) is 4.39 Å². The molecule has 0 saturated carbocycles. The van der Waals surface area contributed by atoms with Crippen LogP contribution in [0.15, 0.2) is 22.7 Å². The SMILES string of the molecule is CCNC(CCC(C)(C)OC)c1ccc(Br)cc1F. The summed E-state index contributed by atoms with van der Waals surface area (Å²) in [5.74, 6) is -0.171. The lowest BCUT2D eigenvalue weighted by molar-refractivity contribution is 0.0116. The molecule has 2 nitrogen and oxygen atoms in total. The van der Waals surface area contributed by atoms with E-state index in [0.717, 1.165) is 29.4 Å². The molecule has 108 valence electrons. The van der Waals surface area contributed by atoms with Crippen molar-refractivity contribution < 1.29 is 9.13 Å². The first-order valence-electron chi connectivity index (χ1n) is 6.63. The number of ether oxygens (including phenoxy) is 1. The van der Waals surface area contributed by atoms with Gasteiger partial charge in [-0.05, 0) is 45.4 Å². The Labute approximate surface area is 123 Å². The van der Waals surface area contributed by atoms with Crippen molar-refractivity contribution in [3.05, 3.63) is 34.1 Å². The number of methoxy groups -OCH3 is 1. The predicted molar refractivity (Wildman–Crippen MR) is 80.8 cm³/mol. The van der Waals surface area contributed by atoms with Gasteiger partial charge in [0.1, 0.15) is 5.82 Å². The molecule has 1 atom stereocenters. The average Bonchev–Trinajstić information content (AvgIpc) is 2.35. The van der Waals surface area contributed by atoms with Crippen LogP contribution in [0, 0.1) is 5.82 Å². The third kappa shape index (κ3) is 5.21. The second-order valence-corrected chi connectivity index (χ2v) is 6.19. The summed E-state index contributed by atoms with van der Waals surface area (Å²) in [7, 11) is 1.71. The molecule has 0 heterocycles. The Balaban J connectivity index is 2.82. The zero-order valence-corrected chi connectivity index (χ0v) is 13.7. The molecule has 1 N–H and O–H groups in total. The van der Waals surface area contributed by atoms with Crippen LogP contribution in [0.5, 0.6) is 0 Å². The number of hydrogen-bond acceptors (Lipinski definition) is 2. The van der Waals surface area contributed by atoms with Crippen molar-refractivity contribution in [3.8, 4) is 0 Å². The van der Waals surface area contributed by atoms with Crippen molar-refractivity contribution >= 4 is 15.9 Å². The second-order valence-electron chi connectivity index (χ2n) is 5.28. The van der Waals surface area contributed by atoms with Gasteiger partial charge in [-0.2, -0.15) is 0 Å². The van der Waals surface area contributed by atoms with E-state index in [1.165, 1.54) is 6.07 Å². The van der Waals surface area contributed by atoms with Gasteiger partial charge in [-0.25, -0.2) is 4.39 Å². The Morgan fingerprint density at radius 3 is 2.63 bits per heavy atom. The molecule has 0 fully saturated rings. The minimum atomic E-state index is -0.181. The van der Waals surface area contributed by atoms with Crippen molar-refractivity contribution in [1.29, 1.82) is 0 Å². The number of hydrogen-bond donors (Lipinski definition) is 1. The smallest absolute Gasteiger partial charge is 0.129 e. The van der Waals surface area contributed by atoms with Crippen LogP contribution in [0.2, 0.25) is 0 Å². The van der Waals surface area contributed by atoms with Crippen molar-refractivity contribution in [2.75, 3.05) is 13.7 Å². The number of halogens is 2. The first-order valence-corrected chi connectivity index (χ1v) is 7.42. The summed E-state index contributed by atoms with van der Waals surface area (Å²) in [4.78, 5) is 0. The highest BCUT2D eigenvalue weighted by atomic mass is 79.9. The molecule has 0 spiro atoms. The maximum Gasteiger partial charge on any atom is 0.129 e. The van der Waals surface area contributed by atoms with Crippen molar-refractivity contribution in [1.82, 2.24) is 5.32 Å². The molecule has 1 aromatic carbocycles. The lowest BCUT2D eigenvalue weighted by Gasteiger charge is -2.26. The molecule has 0 amide bonds. The molecular weight excluding hydrogens is 309 g/mol. The molecular formula is C15H23BrFNO. The molecule has 0 aliphatic carbocycles. The summed E-state index contributed by atoms with van der Waals surface area (Å²) < 4.78 is 20.2. The first-order chi connectivity index (χ1) is 8.89. The molecule has 1 rings (SSSR count). The Kier molecular flexibility index (Phi) is 6.43.